The molecule has 0 aliphatic rings. The minimum atomic E-state index is -4.59. The number of furan rings is 1. The molecule has 1 heterocycles. The SMILES string of the molecule is CCCCCC(C(=O)NCNC(=O)c1ccc(-c2cc(OCC)cc(P(=O)(O)O)c2)o1)[C@@H](CC)N(C=O)OC(=O)C(CC)CC. The van der Waals surface area contributed by atoms with Gasteiger partial charge >= 0.3 is 13.6 Å². The van der Waals surface area contributed by atoms with E-state index in [0.29, 0.717) is 44.1 Å². The molecule has 3 amide bonds. The molecular weight excluding hydrogens is 605 g/mol. The number of rotatable bonds is 20. The summed E-state index contributed by atoms with van der Waals surface area (Å²) in [7, 11) is -4.59. The molecular formula is C31H46N3O10P. The van der Waals surface area contributed by atoms with Crippen molar-refractivity contribution in [2.45, 2.75) is 85.6 Å². The van der Waals surface area contributed by atoms with Gasteiger partial charge < -0.3 is 34.4 Å². The summed E-state index contributed by atoms with van der Waals surface area (Å²) < 4.78 is 22.9. The number of carbonyl (C=O) groups is 4. The Morgan fingerprint density at radius 2 is 1.71 bits per heavy atom. The molecule has 0 fully saturated rings. The van der Waals surface area contributed by atoms with Gasteiger partial charge in [0.15, 0.2) is 5.76 Å². The first kappa shape index (κ1) is 37.5. The third-order valence-corrected chi connectivity index (χ3v) is 8.38. The molecule has 0 radical (unpaired) electrons. The zero-order valence-corrected chi connectivity index (χ0v) is 27.5. The van der Waals surface area contributed by atoms with Crippen molar-refractivity contribution in [3.05, 3.63) is 36.1 Å². The normalized spacial score (nSPS) is 12.7. The number of ether oxygens (including phenoxy) is 1. The van der Waals surface area contributed by atoms with E-state index in [2.05, 4.69) is 10.6 Å². The van der Waals surface area contributed by atoms with Crippen LogP contribution < -0.4 is 20.7 Å². The van der Waals surface area contributed by atoms with Crippen molar-refractivity contribution in [3.63, 3.8) is 0 Å². The van der Waals surface area contributed by atoms with E-state index in [1.165, 1.54) is 30.3 Å². The van der Waals surface area contributed by atoms with E-state index in [9.17, 15) is 33.5 Å². The Morgan fingerprint density at radius 3 is 2.29 bits per heavy atom. The highest BCUT2D eigenvalue weighted by Gasteiger charge is 2.34. The first-order chi connectivity index (χ1) is 21.4. The van der Waals surface area contributed by atoms with Gasteiger partial charge in [-0.3, -0.25) is 18.9 Å². The van der Waals surface area contributed by atoms with Crippen LogP contribution in [0.15, 0.2) is 34.7 Å². The maximum atomic E-state index is 13.4. The molecule has 14 heteroatoms. The molecule has 1 unspecified atom stereocenters. The number of benzene rings is 1. The fraction of sp³-hybridized carbons (Fsp3) is 0.548. The average molecular weight is 652 g/mol. The van der Waals surface area contributed by atoms with Gasteiger partial charge in [-0.2, -0.15) is 5.06 Å². The molecule has 2 aromatic rings. The third-order valence-electron chi connectivity index (χ3n) is 7.45. The van der Waals surface area contributed by atoms with Crippen molar-refractivity contribution in [1.82, 2.24) is 15.7 Å². The standard InChI is InChI=1S/C31H46N3O10P/c1-6-11-12-13-25(26(9-4)34(20-35)44-31(38)21(7-2)8-3)29(36)32-19-33-30(37)28-15-14-27(43-28)22-16-23(42-10-5)18-24(17-22)45(39,40)41/h14-18,20-21,25-26H,6-13,19H2,1-5H3,(H,32,36)(H,33,37)(H2,39,40,41)/t25?,26-/m1/s1. The molecule has 1 aromatic heterocycles. The zero-order valence-electron chi connectivity index (χ0n) is 26.6. The first-order valence-electron chi connectivity index (χ1n) is 15.4. The van der Waals surface area contributed by atoms with Crippen molar-refractivity contribution in [1.29, 1.82) is 0 Å². The quantitative estimate of drug-likeness (QED) is 0.0530. The van der Waals surface area contributed by atoms with Gasteiger partial charge in [0.25, 0.3) is 5.91 Å². The lowest BCUT2D eigenvalue weighted by Crippen LogP contribution is -2.49. The molecule has 0 spiro atoms. The van der Waals surface area contributed by atoms with Crippen LogP contribution in [-0.2, 0) is 23.8 Å². The molecule has 13 nitrogen and oxygen atoms in total. The van der Waals surface area contributed by atoms with E-state index >= 15 is 0 Å². The molecule has 0 aliphatic carbocycles. The lowest BCUT2D eigenvalue weighted by Gasteiger charge is -2.32. The Balaban J connectivity index is 2.14. The van der Waals surface area contributed by atoms with E-state index in [0.717, 1.165) is 17.9 Å². The maximum Gasteiger partial charge on any atom is 0.356 e. The molecule has 0 saturated carbocycles. The lowest BCUT2D eigenvalue weighted by atomic mass is 9.90. The Hall–Kier alpha value is -3.67. The summed E-state index contributed by atoms with van der Waals surface area (Å²) in [6, 6.07) is 6.22. The third kappa shape index (κ3) is 11.0. The first-order valence-corrected chi connectivity index (χ1v) is 17.0. The minimum absolute atomic E-state index is 0.0924. The number of hydrogen-bond acceptors (Lipinski definition) is 8. The molecule has 1 aromatic carbocycles. The summed E-state index contributed by atoms with van der Waals surface area (Å²) in [5.74, 6) is -2.32. The summed E-state index contributed by atoms with van der Waals surface area (Å²) in [5.41, 5.74) is 0.303. The number of unbranched alkanes of at least 4 members (excludes halogenated alkanes) is 2. The van der Waals surface area contributed by atoms with E-state index in [-0.39, 0.29) is 41.8 Å². The van der Waals surface area contributed by atoms with E-state index in [1.54, 1.807) is 13.8 Å². The number of nitrogens with zero attached hydrogens (tertiary/aromatic N) is 1. The molecule has 0 aliphatic heterocycles. The topological polar surface area (TPSA) is 185 Å². The van der Waals surface area contributed by atoms with Gasteiger partial charge in [-0.05, 0) is 62.9 Å². The van der Waals surface area contributed by atoms with Crippen molar-refractivity contribution in [2.75, 3.05) is 13.3 Å². The summed E-state index contributed by atoms with van der Waals surface area (Å²) >= 11 is 0. The Bertz CT molecular complexity index is 1320. The lowest BCUT2D eigenvalue weighted by molar-refractivity contribution is -0.208. The largest absolute Gasteiger partial charge is 0.494 e. The maximum absolute atomic E-state index is 13.4. The van der Waals surface area contributed by atoms with Gasteiger partial charge in [0.2, 0.25) is 12.3 Å². The van der Waals surface area contributed by atoms with E-state index < -0.39 is 37.3 Å². The van der Waals surface area contributed by atoms with Gasteiger partial charge in [-0.15, -0.1) is 0 Å². The Morgan fingerprint density at radius 1 is 1.00 bits per heavy atom. The number of hydrogen-bond donors (Lipinski definition) is 4. The smallest absolute Gasteiger partial charge is 0.356 e. The van der Waals surface area contributed by atoms with Crippen LogP contribution in [0, 0.1) is 11.8 Å². The van der Waals surface area contributed by atoms with Gasteiger partial charge in [-0.1, -0.05) is 47.0 Å². The molecule has 2 rings (SSSR count). The van der Waals surface area contributed by atoms with Crippen molar-refractivity contribution >= 4 is 37.1 Å². The Labute approximate surface area is 264 Å². The number of amides is 3. The van der Waals surface area contributed by atoms with Crippen LogP contribution in [0.4, 0.5) is 0 Å². The molecule has 45 heavy (non-hydrogen) atoms. The summed E-state index contributed by atoms with van der Waals surface area (Å²) in [4.78, 5) is 75.5. The second kappa shape index (κ2) is 18.3. The Kier molecular flexibility index (Phi) is 15.3. The van der Waals surface area contributed by atoms with Crippen molar-refractivity contribution in [3.8, 4) is 17.1 Å². The zero-order chi connectivity index (χ0) is 33.6. The molecule has 4 N–H and O–H groups in total. The van der Waals surface area contributed by atoms with Gasteiger partial charge in [-0.25, -0.2) is 4.79 Å². The van der Waals surface area contributed by atoms with Crippen molar-refractivity contribution in [2.24, 2.45) is 11.8 Å². The van der Waals surface area contributed by atoms with Crippen LogP contribution in [0.25, 0.3) is 11.3 Å². The van der Waals surface area contributed by atoms with Crippen LogP contribution in [0.5, 0.6) is 5.75 Å². The monoisotopic (exact) mass is 651 g/mol. The van der Waals surface area contributed by atoms with Crippen LogP contribution >= 0.6 is 7.60 Å². The fourth-order valence-corrected chi connectivity index (χ4v) is 5.51. The number of nitrogens with one attached hydrogen (secondary N) is 2. The van der Waals surface area contributed by atoms with Crippen LogP contribution in [0.1, 0.15) is 90.1 Å². The van der Waals surface area contributed by atoms with Gasteiger partial charge in [0.05, 0.1) is 36.5 Å². The highest BCUT2D eigenvalue weighted by molar-refractivity contribution is 7.60. The van der Waals surface area contributed by atoms with Gasteiger partial charge in [0, 0.05) is 5.56 Å². The summed E-state index contributed by atoms with van der Waals surface area (Å²) in [6.45, 7) is 9.31. The van der Waals surface area contributed by atoms with E-state index in [1.807, 2.05) is 20.8 Å². The van der Waals surface area contributed by atoms with Gasteiger partial charge in [0.1, 0.15) is 11.5 Å². The molecule has 0 bridgehead atoms. The average Bonchev–Trinajstić information content (AvgIpc) is 3.51. The van der Waals surface area contributed by atoms with Crippen LogP contribution in [0.3, 0.4) is 0 Å². The molecule has 2 atom stereocenters. The molecule has 250 valence electrons. The van der Waals surface area contributed by atoms with Crippen LogP contribution in [-0.4, -0.2) is 58.4 Å². The van der Waals surface area contributed by atoms with E-state index in [4.69, 9.17) is 14.0 Å². The number of hydroxylamine groups is 2. The minimum Gasteiger partial charge on any atom is -0.494 e. The van der Waals surface area contributed by atoms with Crippen molar-refractivity contribution < 1.29 is 47.5 Å². The molecule has 0 saturated heterocycles. The predicted molar refractivity (Wildman–Crippen MR) is 167 cm³/mol. The summed E-state index contributed by atoms with van der Waals surface area (Å²) in [5, 5.41) is 5.94. The second-order valence-electron chi connectivity index (χ2n) is 10.5. The fourth-order valence-electron chi connectivity index (χ4n) is 4.91. The number of carbonyl (C=O) groups excluding carboxylic acids is 4. The highest BCUT2D eigenvalue weighted by atomic mass is 31.2. The van der Waals surface area contributed by atoms with Crippen LogP contribution in [0.2, 0.25) is 0 Å². The summed E-state index contributed by atoms with van der Waals surface area (Å²) in [6.07, 6.45) is 4.85. The second-order valence-corrected chi connectivity index (χ2v) is 12.2. The highest BCUT2D eigenvalue weighted by Crippen LogP contribution is 2.37. The predicted octanol–water partition coefficient (Wildman–Crippen LogP) is 4.28.